The minimum atomic E-state index is -0.431. The van der Waals surface area contributed by atoms with Gasteiger partial charge in [-0.15, -0.1) is 0 Å². The first-order valence-electron chi connectivity index (χ1n) is 2.67. The maximum absolute atomic E-state index is 10.3. The van der Waals surface area contributed by atoms with Crippen LogP contribution in [0.25, 0.3) is 0 Å². The lowest BCUT2D eigenvalue weighted by atomic mass is 10.1. The summed E-state index contributed by atoms with van der Waals surface area (Å²) in [5, 5.41) is 12.4. The Morgan fingerprint density at radius 2 is 2.50 bits per heavy atom. The molecule has 0 aromatic heterocycles. The zero-order chi connectivity index (χ0) is 5.98. The van der Waals surface area contributed by atoms with Gasteiger partial charge in [-0.2, -0.15) is 0 Å². The van der Waals surface area contributed by atoms with Gasteiger partial charge in [-0.1, -0.05) is 0 Å². The summed E-state index contributed by atoms with van der Waals surface area (Å²) in [5.41, 5.74) is 0. The van der Waals surface area contributed by atoms with Crippen LogP contribution in [0.4, 0.5) is 0 Å². The van der Waals surface area contributed by atoms with Gasteiger partial charge in [0, 0.05) is 6.54 Å². The summed E-state index contributed by atoms with van der Waals surface area (Å²) >= 11 is 0. The van der Waals surface area contributed by atoms with Crippen molar-refractivity contribution >= 4 is 5.91 Å². The Morgan fingerprint density at radius 3 is 2.88 bits per heavy atom. The molecule has 0 spiro atoms. The van der Waals surface area contributed by atoms with Gasteiger partial charge in [0.1, 0.15) is 0 Å². The van der Waals surface area contributed by atoms with Gasteiger partial charge in [-0.3, -0.25) is 10.1 Å². The van der Waals surface area contributed by atoms with E-state index in [1.165, 1.54) is 0 Å². The maximum atomic E-state index is 10.3. The predicted octanol–water partition coefficient (Wildman–Crippen LogP) is -0.728. The monoisotopic (exact) mass is 114 g/mol. The number of aliphatic hydroxyl groups is 1. The molecule has 1 radical (unpaired) electrons. The van der Waals surface area contributed by atoms with Gasteiger partial charge in [-0.25, -0.2) is 0 Å². The number of hydrogen-bond acceptors (Lipinski definition) is 2. The van der Waals surface area contributed by atoms with Crippen molar-refractivity contribution in [3.8, 4) is 0 Å². The Morgan fingerprint density at radius 1 is 1.75 bits per heavy atom. The van der Waals surface area contributed by atoms with Crippen LogP contribution in [0.3, 0.4) is 0 Å². The topological polar surface area (TPSA) is 51.4 Å². The Bertz CT molecular complexity index is 103. The molecule has 1 aliphatic rings. The molecule has 3 nitrogen and oxygen atoms in total. The molecule has 3 heteroatoms. The maximum Gasteiger partial charge on any atom is 0.243 e. The fourth-order valence-electron chi connectivity index (χ4n) is 0.706. The Balaban J connectivity index is 2.34. The van der Waals surface area contributed by atoms with Gasteiger partial charge in [0.05, 0.1) is 12.5 Å². The highest BCUT2D eigenvalue weighted by molar-refractivity contribution is 5.76. The largest absolute Gasteiger partial charge is 0.393 e. The molecule has 1 unspecified atom stereocenters. The summed E-state index contributed by atoms with van der Waals surface area (Å²) < 4.78 is 0. The molecule has 0 saturated carbocycles. The first-order chi connectivity index (χ1) is 3.79. The van der Waals surface area contributed by atoms with E-state index in [9.17, 15) is 4.79 Å². The van der Waals surface area contributed by atoms with Crippen LogP contribution in [0.15, 0.2) is 0 Å². The standard InChI is InChI=1S/C5H8NO2/c7-4-1-2-6-5(8)3-4/h4,7H,1-3H2. The quantitative estimate of drug-likeness (QED) is 0.451. The second-order valence-corrected chi connectivity index (χ2v) is 1.92. The lowest BCUT2D eigenvalue weighted by Crippen LogP contribution is -2.30. The third-order valence-electron chi connectivity index (χ3n) is 1.16. The van der Waals surface area contributed by atoms with Gasteiger partial charge in [0.25, 0.3) is 0 Å². The molecule has 1 aliphatic heterocycles. The molecule has 1 atom stereocenters. The van der Waals surface area contributed by atoms with Crippen LogP contribution in [0.1, 0.15) is 12.8 Å². The summed E-state index contributed by atoms with van der Waals surface area (Å²) in [6, 6.07) is 0. The van der Waals surface area contributed by atoms with Crippen molar-refractivity contribution in [1.82, 2.24) is 5.32 Å². The Labute approximate surface area is 47.7 Å². The SMILES string of the molecule is O=C1CC(O)CC[N]1. The first kappa shape index (κ1) is 5.56. The van der Waals surface area contributed by atoms with Crippen molar-refractivity contribution in [2.24, 2.45) is 0 Å². The van der Waals surface area contributed by atoms with E-state index in [1.54, 1.807) is 0 Å². The summed E-state index contributed by atoms with van der Waals surface area (Å²) in [7, 11) is 0. The molecular formula is C5H8NO2. The van der Waals surface area contributed by atoms with E-state index in [1.807, 2.05) is 0 Å². The van der Waals surface area contributed by atoms with Gasteiger partial charge >= 0.3 is 0 Å². The zero-order valence-corrected chi connectivity index (χ0v) is 4.50. The van der Waals surface area contributed by atoms with Crippen molar-refractivity contribution in [2.45, 2.75) is 18.9 Å². The average molecular weight is 114 g/mol. The minimum Gasteiger partial charge on any atom is -0.393 e. The highest BCUT2D eigenvalue weighted by Crippen LogP contribution is 2.02. The molecule has 0 aromatic rings. The summed E-state index contributed by atoms with van der Waals surface area (Å²) in [4.78, 5) is 10.3. The second-order valence-electron chi connectivity index (χ2n) is 1.92. The highest BCUT2D eigenvalue weighted by Gasteiger charge is 2.16. The van der Waals surface area contributed by atoms with E-state index in [0.29, 0.717) is 13.0 Å². The second kappa shape index (κ2) is 2.13. The summed E-state index contributed by atoms with van der Waals surface area (Å²) in [5.74, 6) is -0.163. The Kier molecular flexibility index (Phi) is 1.48. The first-order valence-corrected chi connectivity index (χ1v) is 2.67. The molecule has 45 valence electrons. The lowest BCUT2D eigenvalue weighted by molar-refractivity contribution is -0.125. The molecule has 1 N–H and O–H groups in total. The van der Waals surface area contributed by atoms with E-state index in [0.717, 1.165) is 0 Å². The fraction of sp³-hybridized carbons (Fsp3) is 0.800. The number of piperidine rings is 1. The molecule has 0 aliphatic carbocycles. The summed E-state index contributed by atoms with van der Waals surface area (Å²) in [6.45, 7) is 0.500. The van der Waals surface area contributed by atoms with Crippen molar-refractivity contribution in [2.75, 3.05) is 6.54 Å². The lowest BCUT2D eigenvalue weighted by Gasteiger charge is -2.13. The predicted molar refractivity (Wildman–Crippen MR) is 27.2 cm³/mol. The fourth-order valence-corrected chi connectivity index (χ4v) is 0.706. The zero-order valence-electron chi connectivity index (χ0n) is 4.50. The van der Waals surface area contributed by atoms with Crippen molar-refractivity contribution in [1.29, 1.82) is 0 Å². The number of hydrogen-bond donors (Lipinski definition) is 1. The molecule has 0 aromatic carbocycles. The molecule has 1 fully saturated rings. The van der Waals surface area contributed by atoms with Crippen LogP contribution >= 0.6 is 0 Å². The average Bonchev–Trinajstić information content (AvgIpc) is 1.64. The molecule has 0 bridgehead atoms. The van der Waals surface area contributed by atoms with Crippen LogP contribution in [0.5, 0.6) is 0 Å². The van der Waals surface area contributed by atoms with E-state index < -0.39 is 6.10 Å². The van der Waals surface area contributed by atoms with Crippen molar-refractivity contribution in [3.63, 3.8) is 0 Å². The van der Waals surface area contributed by atoms with Gasteiger partial charge in [0.15, 0.2) is 0 Å². The van der Waals surface area contributed by atoms with Crippen LogP contribution in [-0.4, -0.2) is 23.7 Å². The molecule has 1 rings (SSSR count). The van der Waals surface area contributed by atoms with E-state index in [4.69, 9.17) is 5.11 Å². The smallest absolute Gasteiger partial charge is 0.243 e. The minimum absolute atomic E-state index is 0.163. The van der Waals surface area contributed by atoms with E-state index in [-0.39, 0.29) is 12.3 Å². The van der Waals surface area contributed by atoms with Crippen LogP contribution in [0, 0.1) is 0 Å². The van der Waals surface area contributed by atoms with Gasteiger partial charge in [-0.05, 0) is 6.42 Å². The highest BCUT2D eigenvalue weighted by atomic mass is 16.3. The van der Waals surface area contributed by atoms with Gasteiger partial charge < -0.3 is 5.11 Å². The third-order valence-corrected chi connectivity index (χ3v) is 1.16. The number of carbonyl (C=O) groups excluding carboxylic acids is 1. The van der Waals surface area contributed by atoms with E-state index >= 15 is 0 Å². The molecule has 8 heavy (non-hydrogen) atoms. The normalized spacial score (nSPS) is 29.6. The summed E-state index contributed by atoms with van der Waals surface area (Å²) in [6.07, 6.45) is 0.436. The molecular weight excluding hydrogens is 106 g/mol. The number of rotatable bonds is 0. The van der Waals surface area contributed by atoms with E-state index in [2.05, 4.69) is 5.32 Å². The van der Waals surface area contributed by atoms with Gasteiger partial charge in [0.2, 0.25) is 5.91 Å². The number of aliphatic hydroxyl groups excluding tert-OH is 1. The van der Waals surface area contributed by atoms with Crippen molar-refractivity contribution < 1.29 is 9.90 Å². The number of amides is 1. The number of carbonyl (C=O) groups is 1. The van der Waals surface area contributed by atoms with Crippen LogP contribution in [0.2, 0.25) is 0 Å². The third kappa shape index (κ3) is 1.20. The molecule has 1 saturated heterocycles. The molecule has 1 heterocycles. The van der Waals surface area contributed by atoms with Crippen LogP contribution < -0.4 is 5.32 Å². The Hall–Kier alpha value is -0.570. The number of nitrogens with zero attached hydrogens (tertiary/aromatic N) is 1. The molecule has 1 amide bonds. The van der Waals surface area contributed by atoms with Crippen molar-refractivity contribution in [3.05, 3.63) is 0 Å². The van der Waals surface area contributed by atoms with Crippen LogP contribution in [-0.2, 0) is 4.79 Å².